The molecule has 0 saturated carbocycles. The molecule has 0 rings (SSSR count). The number of carbonyl (C=O) groups excluding carboxylic acids is 2. The number of allylic oxidation sites excluding steroid dienone is 8. The van der Waals surface area contributed by atoms with Gasteiger partial charge in [0, 0.05) is 12.8 Å². The lowest BCUT2D eigenvalue weighted by Gasteiger charge is -2.25. The molecule has 0 heterocycles. The molecule has 0 fully saturated rings. The van der Waals surface area contributed by atoms with Crippen LogP contribution in [0.1, 0.15) is 463 Å². The van der Waals surface area contributed by atoms with Gasteiger partial charge in [-0.2, -0.15) is 0 Å². The predicted molar refractivity (Wildman–Crippen MR) is 438 cm³/mol. The number of carboxylic acids is 1. The number of aliphatic carboxylic acids is 1. The summed E-state index contributed by atoms with van der Waals surface area (Å²) >= 11 is 0. The molecule has 594 valence electrons. The third-order valence-electron chi connectivity index (χ3n) is 20.6. The molecule has 0 radical (unpaired) electrons. The van der Waals surface area contributed by atoms with Crippen LogP contribution in [0.2, 0.25) is 0 Å². The predicted octanol–water partition coefficient (Wildman–Crippen LogP) is 29.2. The Morgan fingerprint density at radius 3 is 0.802 bits per heavy atom. The summed E-state index contributed by atoms with van der Waals surface area (Å²) in [7, 11) is 6.01. The monoisotopic (exact) mass is 1420 g/mol. The topological polar surface area (TPSA) is 108 Å². The van der Waals surface area contributed by atoms with Gasteiger partial charge in [-0.25, -0.2) is 4.79 Å². The van der Waals surface area contributed by atoms with Crippen molar-refractivity contribution in [2.45, 2.75) is 476 Å². The van der Waals surface area contributed by atoms with Crippen molar-refractivity contribution in [1.29, 1.82) is 0 Å². The number of ether oxygens (including phenoxy) is 4. The zero-order valence-electron chi connectivity index (χ0n) is 68.4. The molecule has 9 heteroatoms. The van der Waals surface area contributed by atoms with E-state index in [9.17, 15) is 19.5 Å². The van der Waals surface area contributed by atoms with Gasteiger partial charge in [0.2, 0.25) is 0 Å². The largest absolute Gasteiger partial charge is 0.477 e. The van der Waals surface area contributed by atoms with E-state index in [2.05, 4.69) is 62.5 Å². The van der Waals surface area contributed by atoms with E-state index in [1.54, 1.807) is 0 Å². The van der Waals surface area contributed by atoms with Crippen LogP contribution < -0.4 is 0 Å². The fraction of sp³-hybridized carbons (Fsp3) is 0.880. The summed E-state index contributed by atoms with van der Waals surface area (Å²) in [5, 5.41) is 9.79. The molecule has 0 aromatic rings. The number of carboxylic acid groups (broad SMARTS) is 1. The van der Waals surface area contributed by atoms with E-state index in [4.69, 9.17) is 18.9 Å². The zero-order chi connectivity index (χ0) is 73.2. The molecular formula is C92H174NO8+. The van der Waals surface area contributed by atoms with Crippen molar-refractivity contribution in [3.8, 4) is 0 Å². The minimum absolute atomic E-state index is 0.175. The van der Waals surface area contributed by atoms with Crippen LogP contribution in [0.5, 0.6) is 0 Å². The fourth-order valence-corrected chi connectivity index (χ4v) is 13.7. The minimum Gasteiger partial charge on any atom is -0.477 e. The van der Waals surface area contributed by atoms with E-state index in [0.29, 0.717) is 17.4 Å². The summed E-state index contributed by atoms with van der Waals surface area (Å²) in [5.74, 6) is -1.97. The van der Waals surface area contributed by atoms with Crippen LogP contribution in [-0.2, 0) is 33.3 Å². The first kappa shape index (κ1) is 98.2. The molecule has 0 saturated heterocycles. The number of hydrogen-bond donors (Lipinski definition) is 1. The van der Waals surface area contributed by atoms with E-state index in [-0.39, 0.29) is 38.2 Å². The minimum atomic E-state index is -1.51. The zero-order valence-corrected chi connectivity index (χ0v) is 68.4. The molecule has 2 unspecified atom stereocenters. The molecule has 101 heavy (non-hydrogen) atoms. The summed E-state index contributed by atoms with van der Waals surface area (Å²) in [6, 6.07) is 0. The maximum Gasteiger partial charge on any atom is 0.361 e. The number of esters is 2. The molecule has 0 aromatic heterocycles. The van der Waals surface area contributed by atoms with Gasteiger partial charge in [-0.15, -0.1) is 0 Å². The SMILES string of the molecule is CCCCCCC/C=C\C/C=C\C/C=C\CCCCCCCCCCCCCCCCCCCCCCCCCCCCC(=O)OC(COC(=O)CCCCCCCCCCCCCCCCCCCCCCCCC/C=C\CCCCCCCCCC)COC(OCC[N+](C)(C)C)C(=O)O. The molecule has 0 amide bonds. The Morgan fingerprint density at radius 1 is 0.297 bits per heavy atom. The summed E-state index contributed by atoms with van der Waals surface area (Å²) in [5.41, 5.74) is 0. The summed E-state index contributed by atoms with van der Waals surface area (Å²) in [6.07, 6.45) is 107. The highest BCUT2D eigenvalue weighted by Gasteiger charge is 2.25. The van der Waals surface area contributed by atoms with Gasteiger partial charge in [-0.05, 0) is 77.0 Å². The number of rotatable bonds is 85. The first-order valence-corrected chi connectivity index (χ1v) is 44.8. The van der Waals surface area contributed by atoms with E-state index in [0.717, 1.165) is 51.4 Å². The van der Waals surface area contributed by atoms with Gasteiger partial charge in [0.05, 0.1) is 34.4 Å². The van der Waals surface area contributed by atoms with Crippen molar-refractivity contribution in [1.82, 2.24) is 0 Å². The van der Waals surface area contributed by atoms with Crippen LogP contribution in [0.15, 0.2) is 48.6 Å². The Hall–Kier alpha value is -2.75. The molecule has 0 bridgehead atoms. The van der Waals surface area contributed by atoms with Crippen LogP contribution in [0.3, 0.4) is 0 Å². The first-order valence-electron chi connectivity index (χ1n) is 44.8. The lowest BCUT2D eigenvalue weighted by atomic mass is 10.0. The standard InChI is InChI=1S/C92H173NO8/c1-6-8-10-12-14-16-18-20-22-24-26-28-30-32-34-36-38-40-42-43-44-45-46-47-49-51-53-55-57-59-61-63-65-67-69-71-73-75-77-79-81-83-90(95)101-88(87-100-92(91(96)97)98-85-84-93(3,4)5)86-99-89(94)82-80-78-76-74-72-70-68-66-64-62-60-58-56-54-52-50-48-41-39-37-35-33-31-29-27-25-23-21-19-17-15-13-11-9-7-2/h18,20,24-27,30,32,88,92H,6-17,19,21-23,28-29,31,33-87H2,1-5H3/p+1/b20-18-,26-24-,27-25-,32-30-. The lowest BCUT2D eigenvalue weighted by molar-refractivity contribution is -0.870. The van der Waals surface area contributed by atoms with Gasteiger partial charge in [0.25, 0.3) is 6.29 Å². The molecule has 0 aliphatic rings. The maximum absolute atomic E-state index is 13.0. The molecule has 0 aliphatic heterocycles. The molecule has 0 aromatic carbocycles. The Bertz CT molecular complexity index is 1800. The third kappa shape index (κ3) is 84.4. The van der Waals surface area contributed by atoms with Crippen molar-refractivity contribution in [3.63, 3.8) is 0 Å². The van der Waals surface area contributed by atoms with E-state index in [1.165, 1.54) is 385 Å². The van der Waals surface area contributed by atoms with Gasteiger partial charge >= 0.3 is 17.9 Å². The number of unbranched alkanes of at least 4 members (excludes halogenated alkanes) is 62. The second-order valence-corrected chi connectivity index (χ2v) is 31.9. The van der Waals surface area contributed by atoms with Crippen molar-refractivity contribution < 1.29 is 42.9 Å². The molecule has 9 nitrogen and oxygen atoms in total. The van der Waals surface area contributed by atoms with Gasteiger partial charge in [-0.1, -0.05) is 422 Å². The van der Waals surface area contributed by atoms with Crippen LogP contribution in [0.4, 0.5) is 0 Å². The number of hydrogen-bond acceptors (Lipinski definition) is 7. The second kappa shape index (κ2) is 82.9. The van der Waals surface area contributed by atoms with Gasteiger partial charge in [0.1, 0.15) is 13.2 Å². The Kier molecular flexibility index (Phi) is 80.6. The summed E-state index contributed by atoms with van der Waals surface area (Å²) in [6.45, 7) is 4.95. The van der Waals surface area contributed by atoms with Gasteiger partial charge in [0.15, 0.2) is 6.10 Å². The Morgan fingerprint density at radius 2 is 0.535 bits per heavy atom. The molecule has 0 aliphatic carbocycles. The lowest BCUT2D eigenvalue weighted by Crippen LogP contribution is -2.40. The fourth-order valence-electron chi connectivity index (χ4n) is 13.7. The van der Waals surface area contributed by atoms with E-state index >= 15 is 0 Å². The maximum atomic E-state index is 13.0. The highest BCUT2D eigenvalue weighted by atomic mass is 16.7. The smallest absolute Gasteiger partial charge is 0.361 e. The average molecular weight is 1420 g/mol. The van der Waals surface area contributed by atoms with Gasteiger partial charge < -0.3 is 28.5 Å². The molecule has 2 atom stereocenters. The van der Waals surface area contributed by atoms with Crippen molar-refractivity contribution in [3.05, 3.63) is 48.6 Å². The molecule has 0 spiro atoms. The van der Waals surface area contributed by atoms with E-state index < -0.39 is 18.4 Å². The van der Waals surface area contributed by atoms with Crippen molar-refractivity contribution in [2.24, 2.45) is 0 Å². The quantitative estimate of drug-likeness (QED) is 0.0211. The Balaban J connectivity index is 3.90. The van der Waals surface area contributed by atoms with Crippen LogP contribution in [-0.4, -0.2) is 87.4 Å². The summed E-state index contributed by atoms with van der Waals surface area (Å²) < 4.78 is 23.1. The Labute approximate surface area is 629 Å². The number of quaternary nitrogens is 1. The van der Waals surface area contributed by atoms with Crippen molar-refractivity contribution >= 4 is 17.9 Å². The normalized spacial score (nSPS) is 12.8. The van der Waals surface area contributed by atoms with Crippen LogP contribution in [0, 0.1) is 0 Å². The summed E-state index contributed by atoms with van der Waals surface area (Å²) in [4.78, 5) is 37.8. The highest BCUT2D eigenvalue weighted by Crippen LogP contribution is 2.21. The number of nitrogens with zero attached hydrogens (tertiary/aromatic N) is 1. The second-order valence-electron chi connectivity index (χ2n) is 31.9. The highest BCUT2D eigenvalue weighted by molar-refractivity contribution is 5.71. The molecule has 1 N–H and O–H groups in total. The third-order valence-corrected chi connectivity index (χ3v) is 20.6. The first-order chi connectivity index (χ1) is 49.6. The number of likely N-dealkylation sites (N-methyl/N-ethyl adjacent to an activating group) is 1. The van der Waals surface area contributed by atoms with Crippen LogP contribution >= 0.6 is 0 Å². The average Bonchev–Trinajstić information content (AvgIpc) is 1.21. The van der Waals surface area contributed by atoms with E-state index in [1.807, 2.05) is 21.1 Å². The van der Waals surface area contributed by atoms with Crippen molar-refractivity contribution in [2.75, 3.05) is 47.5 Å². The van der Waals surface area contributed by atoms with Crippen LogP contribution in [0.25, 0.3) is 0 Å². The van der Waals surface area contributed by atoms with Gasteiger partial charge in [-0.3, -0.25) is 9.59 Å². The number of carbonyl (C=O) groups is 3. The molecular weight excluding hydrogens is 1250 g/mol.